The fourth-order valence-electron chi connectivity index (χ4n) is 3.73. The van der Waals surface area contributed by atoms with Crippen LogP contribution in [-0.4, -0.2) is 44.2 Å². The van der Waals surface area contributed by atoms with Crippen LogP contribution in [0.15, 0.2) is 23.9 Å². The Morgan fingerprint density at radius 2 is 2.29 bits per heavy atom. The number of rotatable bonds is 3. The van der Waals surface area contributed by atoms with E-state index in [1.54, 1.807) is 15.2 Å². The average molecular weight is 308 g/mol. The van der Waals surface area contributed by atoms with E-state index < -0.39 is 15.6 Å². The van der Waals surface area contributed by atoms with Crippen molar-refractivity contribution < 1.29 is 8.42 Å². The summed E-state index contributed by atoms with van der Waals surface area (Å²) in [6, 6.07) is 0. The van der Waals surface area contributed by atoms with E-state index in [0.717, 1.165) is 24.8 Å². The Morgan fingerprint density at radius 1 is 1.43 bits per heavy atom. The summed E-state index contributed by atoms with van der Waals surface area (Å²) in [5.41, 5.74) is 0.515. The van der Waals surface area contributed by atoms with Crippen LogP contribution in [0.5, 0.6) is 0 Å². The van der Waals surface area contributed by atoms with Crippen molar-refractivity contribution in [3.05, 3.63) is 24.3 Å². The zero-order valence-electron chi connectivity index (χ0n) is 11.6. The minimum Gasteiger partial charge on any atom is -0.275 e. The highest BCUT2D eigenvalue weighted by Gasteiger charge is 2.60. The molecule has 9 heteroatoms. The molecule has 2 unspecified atom stereocenters. The van der Waals surface area contributed by atoms with Gasteiger partial charge < -0.3 is 0 Å². The molecule has 1 N–H and O–H groups in total. The third-order valence-electron chi connectivity index (χ3n) is 4.81. The van der Waals surface area contributed by atoms with E-state index in [1.807, 2.05) is 13.2 Å². The quantitative estimate of drug-likeness (QED) is 0.876. The highest BCUT2D eigenvalue weighted by molar-refractivity contribution is 7.89. The first-order chi connectivity index (χ1) is 10.0. The lowest BCUT2D eigenvalue weighted by Gasteiger charge is -2.48. The summed E-state index contributed by atoms with van der Waals surface area (Å²) >= 11 is 0. The molecule has 1 aliphatic heterocycles. The smallest absolute Gasteiger partial charge is 0.275 e. The van der Waals surface area contributed by atoms with E-state index in [-0.39, 0.29) is 5.16 Å². The number of fused-ring (bicyclic) bond motifs is 1. The average Bonchev–Trinajstić information content (AvgIpc) is 3.11. The SMILES string of the molecule is Cn1cc(C23CCC2CCN3S(=O)(=O)c2ncn[nH]2)cn1. The molecule has 2 aliphatic rings. The van der Waals surface area contributed by atoms with Crippen molar-refractivity contribution in [3.63, 3.8) is 0 Å². The first kappa shape index (κ1) is 13.0. The van der Waals surface area contributed by atoms with Crippen LogP contribution in [0.2, 0.25) is 0 Å². The number of nitrogens with zero attached hydrogens (tertiary/aromatic N) is 5. The molecule has 112 valence electrons. The zero-order valence-corrected chi connectivity index (χ0v) is 12.4. The predicted octanol–water partition coefficient (Wildman–Crippen LogP) is 0.238. The van der Waals surface area contributed by atoms with Crippen molar-refractivity contribution in [1.82, 2.24) is 29.3 Å². The number of aromatic nitrogens is 5. The highest BCUT2D eigenvalue weighted by Crippen LogP contribution is 2.58. The van der Waals surface area contributed by atoms with Gasteiger partial charge in [-0.25, -0.2) is 18.5 Å². The first-order valence-electron chi connectivity index (χ1n) is 6.92. The van der Waals surface area contributed by atoms with E-state index in [9.17, 15) is 8.42 Å². The number of aromatic amines is 1. The zero-order chi connectivity index (χ0) is 14.7. The molecular weight excluding hydrogens is 292 g/mol. The van der Waals surface area contributed by atoms with Crippen molar-refractivity contribution in [3.8, 4) is 0 Å². The van der Waals surface area contributed by atoms with E-state index in [0.29, 0.717) is 12.5 Å². The molecule has 21 heavy (non-hydrogen) atoms. The lowest BCUT2D eigenvalue weighted by Crippen LogP contribution is -2.53. The second-order valence-electron chi connectivity index (χ2n) is 5.72. The third kappa shape index (κ3) is 1.58. The molecular formula is C12H16N6O2S. The van der Waals surface area contributed by atoms with Gasteiger partial charge in [0.2, 0.25) is 0 Å². The van der Waals surface area contributed by atoms with E-state index in [4.69, 9.17) is 0 Å². The normalized spacial score (nSPS) is 29.3. The molecule has 3 heterocycles. The van der Waals surface area contributed by atoms with Crippen LogP contribution in [0.25, 0.3) is 0 Å². The fourth-order valence-corrected chi connectivity index (χ4v) is 5.41. The maximum Gasteiger partial charge on any atom is 0.279 e. The van der Waals surface area contributed by atoms with Crippen LogP contribution < -0.4 is 0 Å². The topological polar surface area (TPSA) is 96.8 Å². The van der Waals surface area contributed by atoms with Crippen LogP contribution in [0, 0.1) is 5.92 Å². The molecule has 4 rings (SSSR count). The van der Waals surface area contributed by atoms with Gasteiger partial charge in [0.1, 0.15) is 6.33 Å². The Kier molecular flexibility index (Phi) is 2.55. The summed E-state index contributed by atoms with van der Waals surface area (Å²) in [6.45, 7) is 0.516. The van der Waals surface area contributed by atoms with Crippen LogP contribution >= 0.6 is 0 Å². The Hall–Kier alpha value is -1.74. The van der Waals surface area contributed by atoms with Gasteiger partial charge in [-0.3, -0.25) is 4.68 Å². The molecule has 2 aromatic heterocycles. The van der Waals surface area contributed by atoms with Gasteiger partial charge in [0, 0.05) is 25.4 Å². The molecule has 0 aromatic carbocycles. The second kappa shape index (κ2) is 4.14. The van der Waals surface area contributed by atoms with Crippen LogP contribution in [0.1, 0.15) is 24.8 Å². The number of sulfonamides is 1. The molecule has 2 atom stereocenters. The molecule has 2 fully saturated rings. The minimum absolute atomic E-state index is 0.0849. The van der Waals surface area contributed by atoms with Crippen molar-refractivity contribution in [1.29, 1.82) is 0 Å². The van der Waals surface area contributed by atoms with Gasteiger partial charge in [0.05, 0.1) is 11.7 Å². The molecule has 8 nitrogen and oxygen atoms in total. The molecule has 0 amide bonds. The maximum atomic E-state index is 12.8. The fraction of sp³-hybridized carbons (Fsp3) is 0.583. The van der Waals surface area contributed by atoms with Crippen molar-refractivity contribution in [2.75, 3.05) is 6.54 Å². The summed E-state index contributed by atoms with van der Waals surface area (Å²) in [7, 11) is -1.81. The van der Waals surface area contributed by atoms with Gasteiger partial charge in [-0.2, -0.15) is 14.5 Å². The lowest BCUT2D eigenvalue weighted by molar-refractivity contribution is 0.0704. The van der Waals surface area contributed by atoms with E-state index in [1.165, 1.54) is 6.33 Å². The standard InChI is InChI=1S/C12H16N6O2S/c1-17-7-10(6-15-17)12-4-2-9(12)3-5-18(12)21(19,20)11-13-8-14-16-11/h6-9H,2-5H2,1H3,(H,13,14,16). The number of aryl methyl sites for hydroxylation is 1. The molecule has 0 bridgehead atoms. The number of nitrogens with one attached hydrogen (secondary N) is 1. The van der Waals surface area contributed by atoms with E-state index in [2.05, 4.69) is 20.3 Å². The number of hydrogen-bond acceptors (Lipinski definition) is 5. The summed E-state index contributed by atoms with van der Waals surface area (Å²) in [6.07, 6.45) is 7.68. The Bertz CT molecular complexity index is 768. The van der Waals surface area contributed by atoms with Gasteiger partial charge in [-0.15, -0.1) is 0 Å². The molecule has 0 radical (unpaired) electrons. The first-order valence-corrected chi connectivity index (χ1v) is 8.36. The van der Waals surface area contributed by atoms with Crippen molar-refractivity contribution in [2.24, 2.45) is 13.0 Å². The predicted molar refractivity (Wildman–Crippen MR) is 72.5 cm³/mol. The summed E-state index contributed by atoms with van der Waals surface area (Å²) < 4.78 is 29.0. The summed E-state index contributed by atoms with van der Waals surface area (Å²) in [4.78, 5) is 3.83. The Labute approximate surface area is 122 Å². The molecule has 1 saturated carbocycles. The number of hydrogen-bond donors (Lipinski definition) is 1. The van der Waals surface area contributed by atoms with Gasteiger partial charge in [-0.05, 0) is 25.2 Å². The maximum absolute atomic E-state index is 12.8. The third-order valence-corrected chi connectivity index (χ3v) is 6.58. The van der Waals surface area contributed by atoms with Gasteiger partial charge in [-0.1, -0.05) is 0 Å². The van der Waals surface area contributed by atoms with Gasteiger partial charge >= 0.3 is 0 Å². The van der Waals surface area contributed by atoms with Crippen molar-refractivity contribution >= 4 is 10.0 Å². The molecule has 1 saturated heterocycles. The molecule has 0 spiro atoms. The lowest BCUT2D eigenvalue weighted by atomic mass is 9.65. The van der Waals surface area contributed by atoms with Gasteiger partial charge in [0.15, 0.2) is 0 Å². The Balaban J connectivity index is 1.82. The summed E-state index contributed by atoms with van der Waals surface area (Å²) in [5.74, 6) is 0.361. The largest absolute Gasteiger partial charge is 0.279 e. The van der Waals surface area contributed by atoms with Crippen LogP contribution in [0.3, 0.4) is 0 Å². The molecule has 2 aromatic rings. The van der Waals surface area contributed by atoms with Crippen LogP contribution in [0.4, 0.5) is 0 Å². The summed E-state index contributed by atoms with van der Waals surface area (Å²) in [5, 5.41) is 10.3. The Morgan fingerprint density at radius 3 is 2.86 bits per heavy atom. The highest BCUT2D eigenvalue weighted by atomic mass is 32.2. The second-order valence-corrected chi connectivity index (χ2v) is 7.50. The monoisotopic (exact) mass is 308 g/mol. The van der Waals surface area contributed by atoms with E-state index >= 15 is 0 Å². The van der Waals surface area contributed by atoms with Crippen LogP contribution in [-0.2, 0) is 22.6 Å². The molecule has 1 aliphatic carbocycles. The minimum atomic E-state index is -3.66. The number of H-pyrrole nitrogens is 1. The van der Waals surface area contributed by atoms with Gasteiger partial charge in [0.25, 0.3) is 15.2 Å². The van der Waals surface area contributed by atoms with Crippen molar-refractivity contribution in [2.45, 2.75) is 30.0 Å².